The molecule has 0 unspecified atom stereocenters. The van der Waals surface area contributed by atoms with Crippen molar-refractivity contribution in [3.8, 4) is 0 Å². The Morgan fingerprint density at radius 3 is 2.69 bits per heavy atom. The maximum absolute atomic E-state index is 10.2. The Morgan fingerprint density at radius 1 is 1.15 bits per heavy atom. The quantitative estimate of drug-likeness (QED) is 0.527. The van der Waals surface area contributed by atoms with E-state index < -0.39 is 31.1 Å². The lowest BCUT2D eigenvalue weighted by molar-refractivity contribution is -0.0511. The lowest BCUT2D eigenvalue weighted by Crippen LogP contribution is -2.33. The van der Waals surface area contributed by atoms with E-state index in [9.17, 15) is 15.3 Å². The number of halogens is 1. The Bertz CT molecular complexity index is 936. The number of benzene rings is 1. The minimum atomic E-state index is -1.22. The molecule has 1 aliphatic heterocycles. The zero-order chi connectivity index (χ0) is 18.3. The van der Waals surface area contributed by atoms with Crippen molar-refractivity contribution in [2.24, 2.45) is 0 Å². The number of aliphatic hydroxyl groups excluding tert-OH is 3. The molecule has 0 amide bonds. The van der Waals surface area contributed by atoms with Crippen LogP contribution in [-0.4, -0.2) is 59.8 Å². The molecule has 1 fully saturated rings. The minimum absolute atomic E-state index is 0.407. The second-order valence-corrected chi connectivity index (χ2v) is 6.29. The number of para-hydroxylation sites is 1. The second-order valence-electron chi connectivity index (χ2n) is 5.88. The van der Waals surface area contributed by atoms with Crippen LogP contribution in [0.25, 0.3) is 11.2 Å². The number of aliphatic hydroxyl groups is 3. The number of rotatable bonds is 4. The van der Waals surface area contributed by atoms with Crippen LogP contribution in [0.1, 0.15) is 6.23 Å². The van der Waals surface area contributed by atoms with Gasteiger partial charge in [0.1, 0.15) is 24.6 Å². The van der Waals surface area contributed by atoms with Gasteiger partial charge in [0.2, 0.25) is 0 Å². The summed E-state index contributed by atoms with van der Waals surface area (Å²) in [5.74, 6) is 0.439. The third kappa shape index (κ3) is 2.79. The topological polar surface area (TPSA) is 126 Å². The Balaban J connectivity index is 1.71. The number of nitrogens with zero attached hydrogens (tertiary/aromatic N) is 4. The van der Waals surface area contributed by atoms with Crippen molar-refractivity contribution in [1.29, 1.82) is 0 Å². The molecule has 1 aliphatic rings. The Labute approximate surface area is 152 Å². The van der Waals surface area contributed by atoms with Crippen LogP contribution in [0.2, 0.25) is 5.02 Å². The fraction of sp³-hybridized carbons (Fsp3) is 0.312. The smallest absolute Gasteiger partial charge is 0.167 e. The van der Waals surface area contributed by atoms with Gasteiger partial charge in [-0.05, 0) is 12.1 Å². The molecule has 1 saturated heterocycles. The molecule has 3 heterocycles. The van der Waals surface area contributed by atoms with Crippen molar-refractivity contribution in [3.05, 3.63) is 41.9 Å². The second kappa shape index (κ2) is 6.78. The highest BCUT2D eigenvalue weighted by Crippen LogP contribution is 2.33. The zero-order valence-electron chi connectivity index (χ0n) is 13.4. The van der Waals surface area contributed by atoms with Gasteiger partial charge < -0.3 is 25.4 Å². The van der Waals surface area contributed by atoms with Crippen LogP contribution in [0.15, 0.2) is 36.9 Å². The Kier molecular flexibility index (Phi) is 4.47. The summed E-state index contributed by atoms with van der Waals surface area (Å²) in [7, 11) is 0. The van der Waals surface area contributed by atoms with Gasteiger partial charge in [-0.25, -0.2) is 15.0 Å². The summed E-state index contributed by atoms with van der Waals surface area (Å²) >= 11 is 6.17. The first-order valence-electron chi connectivity index (χ1n) is 7.91. The molecule has 4 atom stereocenters. The predicted octanol–water partition coefficient (Wildman–Crippen LogP) is 0.835. The van der Waals surface area contributed by atoms with Crippen molar-refractivity contribution < 1.29 is 20.1 Å². The Hall–Kier alpha value is -2.30. The number of anilines is 2. The van der Waals surface area contributed by atoms with Gasteiger partial charge in [-0.3, -0.25) is 4.57 Å². The van der Waals surface area contributed by atoms with Crippen molar-refractivity contribution in [1.82, 2.24) is 19.5 Å². The lowest BCUT2D eigenvalue weighted by atomic mass is 10.1. The van der Waals surface area contributed by atoms with Crippen LogP contribution >= 0.6 is 11.6 Å². The standard InChI is InChI=1S/C16H16ClN5O4/c17-8-3-1-2-4-9(8)21-14-11-15(19-6-18-14)22(7-20-11)16-13(25)12(24)10(5-23)26-16/h1-4,6-7,10,12-13,16,23-25H,5H2,(H,18,19,21)/t10-,12-,13+,16-/m0/s1. The third-order valence-electron chi connectivity index (χ3n) is 4.28. The van der Waals surface area contributed by atoms with Crippen LogP contribution < -0.4 is 5.32 Å². The summed E-state index contributed by atoms with van der Waals surface area (Å²) < 4.78 is 7.03. The molecule has 136 valence electrons. The SMILES string of the molecule is OC[C@@H]1O[C@H](n2cnc3c(Nc4ccccc4Cl)ncnc32)[C@H](O)[C@H]1O. The van der Waals surface area contributed by atoms with E-state index in [1.165, 1.54) is 17.2 Å². The van der Waals surface area contributed by atoms with Gasteiger partial charge in [0.15, 0.2) is 23.2 Å². The first kappa shape index (κ1) is 17.1. The van der Waals surface area contributed by atoms with Crippen molar-refractivity contribution >= 4 is 34.3 Å². The summed E-state index contributed by atoms with van der Waals surface area (Å²) in [5.41, 5.74) is 1.52. The van der Waals surface area contributed by atoms with Gasteiger partial charge in [-0.15, -0.1) is 0 Å². The van der Waals surface area contributed by atoms with E-state index in [-0.39, 0.29) is 0 Å². The van der Waals surface area contributed by atoms with E-state index >= 15 is 0 Å². The molecule has 0 aliphatic carbocycles. The highest BCUT2D eigenvalue weighted by Gasteiger charge is 2.44. The average molecular weight is 378 g/mol. The van der Waals surface area contributed by atoms with Crippen LogP contribution in [0.4, 0.5) is 11.5 Å². The number of hydrogen-bond donors (Lipinski definition) is 4. The number of ether oxygens (including phenoxy) is 1. The summed E-state index contributed by atoms with van der Waals surface area (Å²) in [6.45, 7) is -0.407. The average Bonchev–Trinajstić information content (AvgIpc) is 3.19. The molecule has 1 aromatic carbocycles. The van der Waals surface area contributed by atoms with E-state index in [1.807, 2.05) is 12.1 Å². The predicted molar refractivity (Wildman–Crippen MR) is 93.1 cm³/mol. The van der Waals surface area contributed by atoms with Crippen molar-refractivity contribution in [2.75, 3.05) is 11.9 Å². The van der Waals surface area contributed by atoms with E-state index in [1.54, 1.807) is 12.1 Å². The van der Waals surface area contributed by atoms with Gasteiger partial charge in [0, 0.05) is 0 Å². The maximum atomic E-state index is 10.2. The molecule has 2 aromatic heterocycles. The van der Waals surface area contributed by atoms with Gasteiger partial charge in [-0.2, -0.15) is 0 Å². The molecule has 0 spiro atoms. The number of nitrogens with one attached hydrogen (secondary N) is 1. The van der Waals surface area contributed by atoms with Crippen LogP contribution in [-0.2, 0) is 4.74 Å². The first-order valence-corrected chi connectivity index (χ1v) is 8.29. The summed E-state index contributed by atoms with van der Waals surface area (Å²) in [4.78, 5) is 12.7. The highest BCUT2D eigenvalue weighted by molar-refractivity contribution is 6.33. The van der Waals surface area contributed by atoms with E-state index in [0.29, 0.717) is 27.7 Å². The normalized spacial score (nSPS) is 25.7. The zero-order valence-corrected chi connectivity index (χ0v) is 14.2. The highest BCUT2D eigenvalue weighted by atomic mass is 35.5. The number of imidazole rings is 1. The van der Waals surface area contributed by atoms with Crippen LogP contribution in [0.3, 0.4) is 0 Å². The number of fused-ring (bicyclic) bond motifs is 1. The molecular formula is C16H16ClN5O4. The lowest BCUT2D eigenvalue weighted by Gasteiger charge is -2.16. The molecule has 9 nitrogen and oxygen atoms in total. The molecule has 0 radical (unpaired) electrons. The number of hydrogen-bond acceptors (Lipinski definition) is 8. The summed E-state index contributed by atoms with van der Waals surface area (Å²) in [5, 5.41) is 33.1. The molecule has 26 heavy (non-hydrogen) atoms. The van der Waals surface area contributed by atoms with Gasteiger partial charge >= 0.3 is 0 Å². The van der Waals surface area contributed by atoms with Gasteiger partial charge in [0.05, 0.1) is 23.6 Å². The van der Waals surface area contributed by atoms with Gasteiger partial charge in [-0.1, -0.05) is 23.7 Å². The van der Waals surface area contributed by atoms with E-state index in [0.717, 1.165) is 0 Å². The molecule has 4 N–H and O–H groups in total. The molecule has 0 saturated carbocycles. The van der Waals surface area contributed by atoms with Crippen LogP contribution in [0.5, 0.6) is 0 Å². The maximum Gasteiger partial charge on any atom is 0.167 e. The molecular weight excluding hydrogens is 362 g/mol. The first-order chi connectivity index (χ1) is 12.6. The largest absolute Gasteiger partial charge is 0.394 e. The minimum Gasteiger partial charge on any atom is -0.394 e. The van der Waals surface area contributed by atoms with E-state index in [4.69, 9.17) is 16.3 Å². The van der Waals surface area contributed by atoms with Crippen molar-refractivity contribution in [3.63, 3.8) is 0 Å². The molecule has 10 heteroatoms. The monoisotopic (exact) mass is 377 g/mol. The molecule has 4 rings (SSSR count). The fourth-order valence-corrected chi connectivity index (χ4v) is 3.11. The van der Waals surface area contributed by atoms with E-state index in [2.05, 4.69) is 20.3 Å². The Morgan fingerprint density at radius 2 is 1.96 bits per heavy atom. The summed E-state index contributed by atoms with van der Waals surface area (Å²) in [6, 6.07) is 7.21. The van der Waals surface area contributed by atoms with Gasteiger partial charge in [0.25, 0.3) is 0 Å². The number of aromatic nitrogens is 4. The van der Waals surface area contributed by atoms with Crippen LogP contribution in [0, 0.1) is 0 Å². The summed E-state index contributed by atoms with van der Waals surface area (Å²) in [6.07, 6.45) is -1.44. The molecule has 0 bridgehead atoms. The third-order valence-corrected chi connectivity index (χ3v) is 4.61. The van der Waals surface area contributed by atoms with Crippen molar-refractivity contribution in [2.45, 2.75) is 24.5 Å². The molecule has 3 aromatic rings. The fourth-order valence-electron chi connectivity index (χ4n) is 2.93.